The number of rotatable bonds is 7. The van der Waals surface area contributed by atoms with Gasteiger partial charge in [0.1, 0.15) is 11.8 Å². The van der Waals surface area contributed by atoms with Crippen LogP contribution in [0.4, 0.5) is 18.9 Å². The van der Waals surface area contributed by atoms with Gasteiger partial charge in [-0.3, -0.25) is 4.79 Å². The molecule has 126 valence electrons. The summed E-state index contributed by atoms with van der Waals surface area (Å²) < 4.78 is 41.1. The molecule has 1 aromatic carbocycles. The Morgan fingerprint density at radius 1 is 1.48 bits per heavy atom. The molecule has 0 aliphatic heterocycles. The van der Waals surface area contributed by atoms with Gasteiger partial charge in [-0.2, -0.15) is 18.4 Å². The number of halogens is 3. The van der Waals surface area contributed by atoms with Crippen LogP contribution in [0.15, 0.2) is 24.3 Å². The fourth-order valence-electron chi connectivity index (χ4n) is 1.81. The maximum absolute atomic E-state index is 12.1. The molecule has 0 radical (unpaired) electrons. The van der Waals surface area contributed by atoms with Crippen molar-refractivity contribution in [2.24, 2.45) is 0 Å². The van der Waals surface area contributed by atoms with Gasteiger partial charge < -0.3 is 15.0 Å². The summed E-state index contributed by atoms with van der Waals surface area (Å²) in [6.45, 7) is 0.576. The third-order valence-corrected chi connectivity index (χ3v) is 2.93. The molecule has 0 aliphatic carbocycles. The molecule has 0 bridgehead atoms. The Kier molecular flexibility index (Phi) is 6.69. The number of hydrogen-bond acceptors (Lipinski definition) is 4. The van der Waals surface area contributed by atoms with Crippen LogP contribution in [-0.2, 0) is 4.79 Å². The average molecular weight is 329 g/mol. The van der Waals surface area contributed by atoms with Crippen LogP contribution in [0, 0.1) is 11.3 Å². The van der Waals surface area contributed by atoms with Crippen molar-refractivity contribution in [2.75, 3.05) is 25.5 Å². The van der Waals surface area contributed by atoms with Crippen molar-refractivity contribution < 1.29 is 22.7 Å². The first-order valence-corrected chi connectivity index (χ1v) is 6.91. The van der Waals surface area contributed by atoms with Crippen LogP contribution in [0.3, 0.4) is 0 Å². The molecule has 1 N–H and O–H groups in total. The minimum absolute atomic E-state index is 0.0600. The predicted molar refractivity (Wildman–Crippen MR) is 78.9 cm³/mol. The van der Waals surface area contributed by atoms with Crippen molar-refractivity contribution in [1.29, 1.82) is 5.26 Å². The maximum atomic E-state index is 12.1. The van der Waals surface area contributed by atoms with Crippen molar-refractivity contribution in [1.82, 2.24) is 4.90 Å². The molecular weight excluding hydrogens is 311 g/mol. The molecule has 0 aromatic heterocycles. The third kappa shape index (κ3) is 6.91. The number of likely N-dealkylation sites (N-methyl/N-ethyl adjacent to an activating group) is 1. The Morgan fingerprint density at radius 3 is 2.78 bits per heavy atom. The van der Waals surface area contributed by atoms with Crippen LogP contribution in [0.25, 0.3) is 0 Å². The minimum Gasteiger partial charge on any atom is -0.484 e. The summed E-state index contributed by atoms with van der Waals surface area (Å²) in [7, 11) is 1.58. The topological polar surface area (TPSA) is 65.4 Å². The summed E-state index contributed by atoms with van der Waals surface area (Å²) in [6, 6.07) is 7.32. The zero-order valence-electron chi connectivity index (χ0n) is 12.9. The second-order valence-corrected chi connectivity index (χ2v) is 4.97. The Balaban J connectivity index is 2.63. The van der Waals surface area contributed by atoms with Gasteiger partial charge in [-0.1, -0.05) is 6.07 Å². The summed E-state index contributed by atoms with van der Waals surface area (Å²) in [5.74, 6) is -0.160. The van der Waals surface area contributed by atoms with Gasteiger partial charge in [0.25, 0.3) is 0 Å². The quantitative estimate of drug-likeness (QED) is 0.835. The summed E-state index contributed by atoms with van der Waals surface area (Å²) in [5, 5.41) is 11.4. The molecular formula is C15H18F3N3O2. The number of nitrogens with zero attached hydrogens (tertiary/aromatic N) is 2. The number of nitrogens with one attached hydrogen (secondary N) is 1. The van der Waals surface area contributed by atoms with Gasteiger partial charge in [0, 0.05) is 25.3 Å². The summed E-state index contributed by atoms with van der Waals surface area (Å²) in [6.07, 6.45) is -4.17. The number of alkyl halides is 3. The second-order valence-electron chi connectivity index (χ2n) is 4.97. The highest BCUT2D eigenvalue weighted by molar-refractivity contribution is 5.84. The standard InChI is InChI=1S/C15H18F3N3O2/c1-11(14(22)21(2)8-4-7-19)20-12-5-3-6-13(9-12)23-10-15(16,17)18/h3,5-6,9,11,20H,4,8,10H2,1-2H3. The van der Waals surface area contributed by atoms with Gasteiger partial charge in [0.15, 0.2) is 6.61 Å². The Hall–Kier alpha value is -2.43. The highest BCUT2D eigenvalue weighted by Crippen LogP contribution is 2.21. The monoisotopic (exact) mass is 329 g/mol. The van der Waals surface area contributed by atoms with E-state index in [9.17, 15) is 18.0 Å². The van der Waals surface area contributed by atoms with Crippen LogP contribution in [0.5, 0.6) is 5.75 Å². The van der Waals surface area contributed by atoms with Gasteiger partial charge in [0.2, 0.25) is 5.91 Å². The zero-order valence-corrected chi connectivity index (χ0v) is 12.9. The molecule has 8 heteroatoms. The Labute approximate surface area is 132 Å². The van der Waals surface area contributed by atoms with Crippen molar-refractivity contribution in [3.05, 3.63) is 24.3 Å². The van der Waals surface area contributed by atoms with E-state index in [4.69, 9.17) is 5.26 Å². The van der Waals surface area contributed by atoms with Crippen LogP contribution in [-0.4, -0.2) is 43.2 Å². The lowest BCUT2D eigenvalue weighted by atomic mass is 10.2. The number of amides is 1. The van der Waals surface area contributed by atoms with E-state index in [1.54, 1.807) is 20.0 Å². The Morgan fingerprint density at radius 2 is 2.17 bits per heavy atom. The molecule has 0 saturated carbocycles. The number of carbonyl (C=O) groups excluding carboxylic acids is 1. The van der Waals surface area contributed by atoms with Gasteiger partial charge in [0.05, 0.1) is 12.5 Å². The van der Waals surface area contributed by atoms with E-state index >= 15 is 0 Å². The summed E-state index contributed by atoms with van der Waals surface area (Å²) in [5.41, 5.74) is 0.471. The number of ether oxygens (including phenoxy) is 1. The molecule has 0 fully saturated rings. The summed E-state index contributed by atoms with van der Waals surface area (Å²) in [4.78, 5) is 13.5. The van der Waals surface area contributed by atoms with Crippen LogP contribution in [0.1, 0.15) is 13.3 Å². The lowest BCUT2D eigenvalue weighted by Crippen LogP contribution is -2.39. The number of hydrogen-bond donors (Lipinski definition) is 1. The number of benzene rings is 1. The summed E-state index contributed by atoms with van der Waals surface area (Å²) >= 11 is 0. The van der Waals surface area contributed by atoms with Gasteiger partial charge >= 0.3 is 6.18 Å². The smallest absolute Gasteiger partial charge is 0.422 e. The molecule has 0 saturated heterocycles. The third-order valence-electron chi connectivity index (χ3n) is 2.93. The second kappa shape index (κ2) is 8.27. The molecule has 5 nitrogen and oxygen atoms in total. The molecule has 0 aliphatic rings. The molecule has 1 unspecified atom stereocenters. The fraction of sp³-hybridized carbons (Fsp3) is 0.467. The molecule has 0 heterocycles. The van der Waals surface area contributed by atoms with Gasteiger partial charge in [-0.15, -0.1) is 0 Å². The lowest BCUT2D eigenvalue weighted by molar-refractivity contribution is -0.153. The first-order valence-electron chi connectivity index (χ1n) is 6.91. The highest BCUT2D eigenvalue weighted by Gasteiger charge is 2.28. The van der Waals surface area contributed by atoms with Crippen molar-refractivity contribution in [2.45, 2.75) is 25.6 Å². The van der Waals surface area contributed by atoms with Gasteiger partial charge in [-0.25, -0.2) is 0 Å². The van der Waals surface area contributed by atoms with E-state index in [1.165, 1.54) is 23.1 Å². The molecule has 1 aromatic rings. The lowest BCUT2D eigenvalue weighted by Gasteiger charge is -2.22. The van der Waals surface area contributed by atoms with E-state index in [0.29, 0.717) is 12.2 Å². The molecule has 1 rings (SSSR count). The van der Waals surface area contributed by atoms with Crippen LogP contribution >= 0.6 is 0 Å². The number of nitriles is 1. The van der Waals surface area contributed by atoms with E-state index in [2.05, 4.69) is 10.1 Å². The normalized spacial score (nSPS) is 12.2. The van der Waals surface area contributed by atoms with Crippen molar-refractivity contribution >= 4 is 11.6 Å². The van der Waals surface area contributed by atoms with Crippen molar-refractivity contribution in [3.63, 3.8) is 0 Å². The van der Waals surface area contributed by atoms with Gasteiger partial charge in [-0.05, 0) is 19.1 Å². The van der Waals surface area contributed by atoms with E-state index in [0.717, 1.165) is 0 Å². The average Bonchev–Trinajstić information content (AvgIpc) is 2.49. The maximum Gasteiger partial charge on any atom is 0.422 e. The number of anilines is 1. The van der Waals surface area contributed by atoms with Crippen LogP contribution < -0.4 is 10.1 Å². The van der Waals surface area contributed by atoms with E-state index in [1.807, 2.05) is 6.07 Å². The Bertz CT molecular complexity index is 570. The van der Waals surface area contributed by atoms with E-state index in [-0.39, 0.29) is 18.1 Å². The predicted octanol–water partition coefficient (Wildman–Crippen LogP) is 2.80. The van der Waals surface area contributed by atoms with Crippen LogP contribution in [0.2, 0.25) is 0 Å². The highest BCUT2D eigenvalue weighted by atomic mass is 19.4. The largest absolute Gasteiger partial charge is 0.484 e. The molecule has 1 atom stereocenters. The first kappa shape index (κ1) is 18.6. The van der Waals surface area contributed by atoms with E-state index < -0.39 is 18.8 Å². The molecule has 1 amide bonds. The molecule has 0 spiro atoms. The number of carbonyl (C=O) groups is 1. The fourth-order valence-corrected chi connectivity index (χ4v) is 1.81. The minimum atomic E-state index is -4.41. The van der Waals surface area contributed by atoms with Crippen molar-refractivity contribution in [3.8, 4) is 11.8 Å². The molecule has 23 heavy (non-hydrogen) atoms. The first-order chi connectivity index (χ1) is 10.7. The SMILES string of the molecule is CC(Nc1cccc(OCC(F)(F)F)c1)C(=O)N(C)CCC#N. The zero-order chi connectivity index (χ0) is 17.5.